The Labute approximate surface area is 118 Å². The lowest BCUT2D eigenvalue weighted by Gasteiger charge is -2.22. The van der Waals surface area contributed by atoms with E-state index in [9.17, 15) is 13.2 Å². The Morgan fingerprint density at radius 2 is 1.60 bits per heavy atom. The summed E-state index contributed by atoms with van der Waals surface area (Å²) in [5.41, 5.74) is 0.956. The molecule has 112 valence electrons. The van der Waals surface area contributed by atoms with E-state index in [1.165, 1.54) is 23.5 Å². The van der Waals surface area contributed by atoms with Gasteiger partial charge >= 0.3 is 6.09 Å². The quantitative estimate of drug-likeness (QED) is 0.777. The van der Waals surface area contributed by atoms with Gasteiger partial charge in [0.05, 0.1) is 4.90 Å². The maximum Gasteiger partial charge on any atom is 0.407 e. The second-order valence-corrected chi connectivity index (χ2v) is 6.04. The fraction of sp³-hybridized carbons (Fsp3) is 0.462. The monoisotopic (exact) mass is 301 g/mol. The van der Waals surface area contributed by atoms with Gasteiger partial charge in [-0.15, -0.1) is 0 Å². The number of aryl methyl sites for hydroxylation is 1. The lowest BCUT2D eigenvalue weighted by atomic mass is 10.1. The summed E-state index contributed by atoms with van der Waals surface area (Å²) in [6.45, 7) is 3.30. The Balaban J connectivity index is 0.000000204. The summed E-state index contributed by atoms with van der Waals surface area (Å²) in [4.78, 5) is 11.7. The third-order valence-corrected chi connectivity index (χ3v) is 3.81. The number of benzene rings is 1. The summed E-state index contributed by atoms with van der Waals surface area (Å²) in [6, 6.07) is 5.99. The molecule has 0 aromatic heterocycles. The summed E-state index contributed by atoms with van der Waals surface area (Å²) >= 11 is 0. The number of nitrogens with zero attached hydrogens (tertiary/aromatic N) is 1. The normalized spacial score (nSPS) is 15.2. The van der Waals surface area contributed by atoms with Gasteiger partial charge in [-0.1, -0.05) is 17.7 Å². The smallest absolute Gasteiger partial charge is 0.407 e. The largest absolute Gasteiger partial charge is 0.465 e. The average Bonchev–Trinajstić information content (AvgIpc) is 2.40. The van der Waals surface area contributed by atoms with Crippen LogP contribution in [0.4, 0.5) is 4.79 Å². The first kappa shape index (κ1) is 16.5. The Hall–Kier alpha value is -1.60. The molecule has 7 heteroatoms. The van der Waals surface area contributed by atoms with E-state index in [2.05, 4.69) is 0 Å². The molecular weight excluding hydrogens is 282 g/mol. The summed E-state index contributed by atoms with van der Waals surface area (Å²) in [5, 5.41) is 8.46. The van der Waals surface area contributed by atoms with Gasteiger partial charge in [-0.05, 0) is 38.3 Å². The van der Waals surface area contributed by atoms with Gasteiger partial charge in [0, 0.05) is 13.1 Å². The van der Waals surface area contributed by atoms with Gasteiger partial charge in [-0.2, -0.15) is 8.42 Å². The number of hydrogen-bond donors (Lipinski definition) is 2. The molecule has 0 unspecified atom stereocenters. The second kappa shape index (κ2) is 7.25. The number of carbonyl (C=O) groups is 1. The molecule has 20 heavy (non-hydrogen) atoms. The minimum atomic E-state index is -4.02. The zero-order valence-corrected chi connectivity index (χ0v) is 12.1. The van der Waals surface area contributed by atoms with Crippen LogP contribution in [0.3, 0.4) is 0 Å². The van der Waals surface area contributed by atoms with E-state index in [1.54, 1.807) is 12.1 Å². The predicted octanol–water partition coefficient (Wildman–Crippen LogP) is 2.39. The van der Waals surface area contributed by atoms with Crippen LogP contribution in [0.2, 0.25) is 0 Å². The van der Waals surface area contributed by atoms with E-state index in [4.69, 9.17) is 9.66 Å². The molecule has 2 N–H and O–H groups in total. The summed E-state index contributed by atoms with van der Waals surface area (Å²) in [5.74, 6) is 0. The molecule has 1 amide bonds. The molecule has 0 bridgehead atoms. The van der Waals surface area contributed by atoms with Crippen LogP contribution >= 0.6 is 0 Å². The zero-order chi connectivity index (χ0) is 15.2. The SMILES string of the molecule is Cc1ccc(S(=O)(=O)O)cc1.O=C(O)N1CCCCC1. The van der Waals surface area contributed by atoms with Gasteiger partial charge in [-0.3, -0.25) is 4.55 Å². The van der Waals surface area contributed by atoms with E-state index < -0.39 is 16.2 Å². The van der Waals surface area contributed by atoms with Crippen molar-refractivity contribution in [2.75, 3.05) is 13.1 Å². The van der Waals surface area contributed by atoms with Crippen molar-refractivity contribution in [2.45, 2.75) is 31.1 Å². The molecule has 1 aromatic rings. The first-order valence-corrected chi connectivity index (χ1v) is 7.77. The van der Waals surface area contributed by atoms with Crippen LogP contribution in [0, 0.1) is 6.92 Å². The fourth-order valence-corrected chi connectivity index (χ4v) is 2.28. The van der Waals surface area contributed by atoms with Gasteiger partial charge in [-0.25, -0.2) is 4.79 Å². The molecule has 1 aromatic carbocycles. The standard InChI is InChI=1S/C7H8O3S.C6H11NO2/c1-6-2-4-7(5-3-6)11(8,9)10;8-6(9)7-4-2-1-3-5-7/h2-5H,1H3,(H,8,9,10);1-5H2,(H,8,9). The molecule has 2 rings (SSSR count). The second-order valence-electron chi connectivity index (χ2n) is 4.62. The highest BCUT2D eigenvalue weighted by Gasteiger charge is 2.13. The van der Waals surface area contributed by atoms with Crippen LogP contribution in [0.15, 0.2) is 29.2 Å². The molecule has 1 aliphatic rings. The van der Waals surface area contributed by atoms with Gasteiger partial charge in [0.1, 0.15) is 0 Å². The van der Waals surface area contributed by atoms with E-state index >= 15 is 0 Å². The maximum atomic E-state index is 10.5. The van der Waals surface area contributed by atoms with Gasteiger partial charge < -0.3 is 10.0 Å². The third-order valence-electron chi connectivity index (χ3n) is 2.95. The van der Waals surface area contributed by atoms with Gasteiger partial charge in [0.25, 0.3) is 10.1 Å². The number of rotatable bonds is 1. The molecule has 0 aliphatic carbocycles. The number of hydrogen-bond acceptors (Lipinski definition) is 3. The van der Waals surface area contributed by atoms with Crippen LogP contribution in [-0.4, -0.2) is 42.2 Å². The molecule has 1 saturated heterocycles. The molecule has 6 nitrogen and oxygen atoms in total. The minimum absolute atomic E-state index is 0.0666. The summed E-state index contributed by atoms with van der Waals surface area (Å²) in [6.07, 6.45) is 2.48. The predicted molar refractivity (Wildman–Crippen MR) is 74.4 cm³/mol. The molecule has 0 saturated carbocycles. The molecule has 1 heterocycles. The Morgan fingerprint density at radius 3 is 1.95 bits per heavy atom. The van der Waals surface area contributed by atoms with Crippen molar-refractivity contribution >= 4 is 16.2 Å². The highest BCUT2D eigenvalue weighted by molar-refractivity contribution is 7.85. The molecule has 0 spiro atoms. The lowest BCUT2D eigenvalue weighted by molar-refractivity contribution is 0.136. The Kier molecular flexibility index (Phi) is 5.97. The molecule has 1 aliphatic heterocycles. The third kappa shape index (κ3) is 5.58. The molecular formula is C13H19NO5S. The van der Waals surface area contributed by atoms with Crippen LogP contribution in [0.1, 0.15) is 24.8 Å². The zero-order valence-electron chi connectivity index (χ0n) is 11.3. The Bertz CT molecular complexity index is 532. The van der Waals surface area contributed by atoms with E-state index in [0.29, 0.717) is 0 Å². The van der Waals surface area contributed by atoms with Crippen molar-refractivity contribution in [3.63, 3.8) is 0 Å². The minimum Gasteiger partial charge on any atom is -0.465 e. The van der Waals surface area contributed by atoms with Crippen LogP contribution in [0.25, 0.3) is 0 Å². The number of piperidine rings is 1. The number of amides is 1. The molecule has 0 radical (unpaired) electrons. The van der Waals surface area contributed by atoms with Crippen molar-refractivity contribution < 1.29 is 22.9 Å². The topological polar surface area (TPSA) is 94.9 Å². The van der Waals surface area contributed by atoms with Crippen molar-refractivity contribution in [1.82, 2.24) is 4.90 Å². The van der Waals surface area contributed by atoms with Crippen molar-refractivity contribution in [1.29, 1.82) is 0 Å². The number of carboxylic acid groups (broad SMARTS) is 1. The highest BCUT2D eigenvalue weighted by atomic mass is 32.2. The van der Waals surface area contributed by atoms with Gasteiger partial charge in [0.2, 0.25) is 0 Å². The lowest BCUT2D eigenvalue weighted by Crippen LogP contribution is -2.34. The van der Waals surface area contributed by atoms with Crippen molar-refractivity contribution in [2.24, 2.45) is 0 Å². The summed E-state index contributed by atoms with van der Waals surface area (Å²) < 4.78 is 29.6. The molecule has 1 fully saturated rings. The van der Waals surface area contributed by atoms with E-state index in [-0.39, 0.29) is 4.90 Å². The first-order chi connectivity index (χ1) is 9.30. The van der Waals surface area contributed by atoms with E-state index in [0.717, 1.165) is 31.5 Å². The van der Waals surface area contributed by atoms with Crippen LogP contribution in [-0.2, 0) is 10.1 Å². The molecule has 0 atom stereocenters. The highest BCUT2D eigenvalue weighted by Crippen LogP contribution is 2.08. The van der Waals surface area contributed by atoms with Crippen LogP contribution in [0.5, 0.6) is 0 Å². The fourth-order valence-electron chi connectivity index (χ4n) is 1.80. The maximum absolute atomic E-state index is 10.5. The number of likely N-dealkylation sites (tertiary alicyclic amines) is 1. The van der Waals surface area contributed by atoms with Crippen LogP contribution < -0.4 is 0 Å². The first-order valence-electron chi connectivity index (χ1n) is 6.33. The van der Waals surface area contributed by atoms with E-state index in [1.807, 2.05) is 6.92 Å². The van der Waals surface area contributed by atoms with Crippen molar-refractivity contribution in [3.05, 3.63) is 29.8 Å². The summed E-state index contributed by atoms with van der Waals surface area (Å²) in [7, 11) is -4.02. The Morgan fingerprint density at radius 1 is 1.10 bits per heavy atom. The van der Waals surface area contributed by atoms with Gasteiger partial charge in [0.15, 0.2) is 0 Å². The average molecular weight is 301 g/mol. The van der Waals surface area contributed by atoms with Crippen molar-refractivity contribution in [3.8, 4) is 0 Å².